The first-order valence-corrected chi connectivity index (χ1v) is 6.66. The molecule has 1 aliphatic rings. The third-order valence-electron chi connectivity index (χ3n) is 4.26. The number of carbonyl (C=O) groups excluding carboxylic acids is 1. The molecule has 0 aliphatic heterocycles. The zero-order chi connectivity index (χ0) is 12.6. The van der Waals surface area contributed by atoms with Crippen molar-refractivity contribution in [3.05, 3.63) is 0 Å². The molecule has 0 bridgehead atoms. The molecule has 1 fully saturated rings. The summed E-state index contributed by atoms with van der Waals surface area (Å²) < 4.78 is 0. The highest BCUT2D eigenvalue weighted by Crippen LogP contribution is 2.53. The summed E-state index contributed by atoms with van der Waals surface area (Å²) >= 11 is 0. The predicted molar refractivity (Wildman–Crippen MR) is 69.4 cm³/mol. The average Bonchev–Trinajstić information content (AvgIpc) is 2.14. The first kappa shape index (κ1) is 13.7. The Morgan fingerprint density at radius 1 is 0.875 bits per heavy atom. The summed E-state index contributed by atoms with van der Waals surface area (Å²) in [6.07, 6.45) is 5.92. The Morgan fingerprint density at radius 3 is 1.62 bits per heavy atom. The summed E-state index contributed by atoms with van der Waals surface area (Å²) in [4.78, 5) is 12.8. The van der Waals surface area contributed by atoms with Crippen molar-refractivity contribution in [1.82, 2.24) is 0 Å². The maximum atomic E-state index is 12.8. The maximum Gasteiger partial charge on any atom is 0.144 e. The van der Waals surface area contributed by atoms with Crippen LogP contribution in [0.1, 0.15) is 73.6 Å². The van der Waals surface area contributed by atoms with E-state index in [4.69, 9.17) is 0 Å². The summed E-state index contributed by atoms with van der Waals surface area (Å²) in [5.74, 6) is 0.479. The van der Waals surface area contributed by atoms with E-state index >= 15 is 0 Å². The molecule has 1 heteroatoms. The Balaban J connectivity index is 3.10. The van der Waals surface area contributed by atoms with Crippen molar-refractivity contribution in [3.8, 4) is 0 Å². The van der Waals surface area contributed by atoms with Crippen LogP contribution < -0.4 is 0 Å². The summed E-state index contributed by atoms with van der Waals surface area (Å²) in [6, 6.07) is 0. The van der Waals surface area contributed by atoms with Crippen molar-refractivity contribution >= 4 is 5.78 Å². The highest BCUT2D eigenvalue weighted by molar-refractivity contribution is 5.90. The third kappa shape index (κ3) is 2.33. The standard InChI is InChI=1S/C15H28O/c1-13(2,3)12(16)15(14(4,5)6)10-8-7-9-11-15/h7-11H2,1-6H3. The van der Waals surface area contributed by atoms with Gasteiger partial charge in [-0.25, -0.2) is 0 Å². The topological polar surface area (TPSA) is 17.1 Å². The van der Waals surface area contributed by atoms with Gasteiger partial charge in [0.05, 0.1) is 0 Å². The van der Waals surface area contributed by atoms with Crippen LogP contribution in [0.5, 0.6) is 0 Å². The van der Waals surface area contributed by atoms with Gasteiger partial charge < -0.3 is 0 Å². The molecular weight excluding hydrogens is 196 g/mol. The van der Waals surface area contributed by atoms with Crippen molar-refractivity contribution in [2.75, 3.05) is 0 Å². The number of ketones is 1. The molecule has 1 nitrogen and oxygen atoms in total. The summed E-state index contributed by atoms with van der Waals surface area (Å²) in [5, 5.41) is 0. The van der Waals surface area contributed by atoms with E-state index in [1.807, 2.05) is 0 Å². The van der Waals surface area contributed by atoms with Gasteiger partial charge in [-0.2, -0.15) is 0 Å². The molecule has 0 saturated heterocycles. The minimum absolute atomic E-state index is 0.0799. The zero-order valence-electron chi connectivity index (χ0n) is 11.9. The maximum absolute atomic E-state index is 12.8. The summed E-state index contributed by atoms with van der Waals surface area (Å²) in [7, 11) is 0. The van der Waals surface area contributed by atoms with Gasteiger partial charge in [0, 0.05) is 10.8 Å². The summed E-state index contributed by atoms with van der Waals surface area (Å²) in [5.41, 5.74) is -0.189. The van der Waals surface area contributed by atoms with Crippen molar-refractivity contribution in [1.29, 1.82) is 0 Å². The van der Waals surface area contributed by atoms with Gasteiger partial charge in [0.15, 0.2) is 0 Å². The molecule has 1 rings (SSSR count). The van der Waals surface area contributed by atoms with Crippen molar-refractivity contribution in [3.63, 3.8) is 0 Å². The minimum Gasteiger partial charge on any atom is -0.298 e. The van der Waals surface area contributed by atoms with Crippen LogP contribution >= 0.6 is 0 Å². The van der Waals surface area contributed by atoms with Gasteiger partial charge in [0.1, 0.15) is 5.78 Å². The highest BCUT2D eigenvalue weighted by atomic mass is 16.1. The quantitative estimate of drug-likeness (QED) is 0.636. The van der Waals surface area contributed by atoms with Crippen LogP contribution in [0.15, 0.2) is 0 Å². The normalized spacial score (nSPS) is 21.9. The Bertz CT molecular complexity index is 256. The fourth-order valence-electron chi connectivity index (χ4n) is 3.19. The Labute approximate surface area is 101 Å². The second-order valence-corrected chi connectivity index (χ2v) is 7.47. The van der Waals surface area contributed by atoms with Crippen LogP contribution in [0.2, 0.25) is 0 Å². The molecule has 0 atom stereocenters. The Hall–Kier alpha value is -0.330. The molecule has 1 aliphatic carbocycles. The van der Waals surface area contributed by atoms with E-state index in [9.17, 15) is 4.79 Å². The second kappa shape index (κ2) is 4.16. The SMILES string of the molecule is CC(C)(C)C(=O)C1(C(C)(C)C)CCCCC1. The second-order valence-electron chi connectivity index (χ2n) is 7.47. The van der Waals surface area contributed by atoms with Gasteiger partial charge in [-0.05, 0) is 18.3 Å². The molecule has 0 N–H and O–H groups in total. The zero-order valence-corrected chi connectivity index (χ0v) is 11.9. The number of carbonyl (C=O) groups is 1. The predicted octanol–water partition coefficient (Wildman–Crippen LogP) is 4.60. The molecule has 0 spiro atoms. The molecule has 0 amide bonds. The Kier molecular flexibility index (Phi) is 3.57. The van der Waals surface area contributed by atoms with Gasteiger partial charge in [-0.1, -0.05) is 60.8 Å². The van der Waals surface area contributed by atoms with Crippen molar-refractivity contribution in [2.24, 2.45) is 16.2 Å². The van der Waals surface area contributed by atoms with E-state index in [0.717, 1.165) is 12.8 Å². The van der Waals surface area contributed by atoms with Crippen LogP contribution in [-0.2, 0) is 4.79 Å². The van der Waals surface area contributed by atoms with Gasteiger partial charge in [-0.15, -0.1) is 0 Å². The van der Waals surface area contributed by atoms with Crippen LogP contribution in [0, 0.1) is 16.2 Å². The van der Waals surface area contributed by atoms with E-state index in [0.29, 0.717) is 5.78 Å². The molecule has 1 saturated carbocycles. The molecular formula is C15H28O. The molecule has 0 aromatic carbocycles. The largest absolute Gasteiger partial charge is 0.298 e. The van der Waals surface area contributed by atoms with E-state index < -0.39 is 0 Å². The lowest BCUT2D eigenvalue weighted by Crippen LogP contribution is -2.49. The minimum atomic E-state index is -0.204. The smallest absolute Gasteiger partial charge is 0.144 e. The molecule has 94 valence electrons. The highest BCUT2D eigenvalue weighted by Gasteiger charge is 2.51. The van der Waals surface area contributed by atoms with Gasteiger partial charge in [-0.3, -0.25) is 4.79 Å². The van der Waals surface area contributed by atoms with Gasteiger partial charge in [0.2, 0.25) is 0 Å². The number of rotatable bonds is 1. The van der Waals surface area contributed by atoms with Crippen LogP contribution in [-0.4, -0.2) is 5.78 Å². The first-order chi connectivity index (χ1) is 7.11. The monoisotopic (exact) mass is 224 g/mol. The molecule has 0 radical (unpaired) electrons. The lowest BCUT2D eigenvalue weighted by Gasteiger charge is -2.49. The lowest BCUT2D eigenvalue weighted by molar-refractivity contribution is -0.146. The molecule has 0 aromatic heterocycles. The molecule has 0 aromatic rings. The fraction of sp³-hybridized carbons (Fsp3) is 0.933. The van der Waals surface area contributed by atoms with Gasteiger partial charge in [0.25, 0.3) is 0 Å². The fourth-order valence-corrected chi connectivity index (χ4v) is 3.19. The van der Waals surface area contributed by atoms with E-state index in [1.54, 1.807) is 0 Å². The van der Waals surface area contributed by atoms with Crippen LogP contribution in [0.3, 0.4) is 0 Å². The first-order valence-electron chi connectivity index (χ1n) is 6.66. The summed E-state index contributed by atoms with van der Waals surface area (Å²) in [6.45, 7) is 12.9. The van der Waals surface area contributed by atoms with Crippen molar-refractivity contribution < 1.29 is 4.79 Å². The molecule has 0 unspecified atom stereocenters. The van der Waals surface area contributed by atoms with Crippen LogP contribution in [0.4, 0.5) is 0 Å². The Morgan fingerprint density at radius 2 is 1.31 bits per heavy atom. The number of hydrogen-bond acceptors (Lipinski definition) is 1. The van der Waals surface area contributed by atoms with E-state index in [1.165, 1.54) is 19.3 Å². The third-order valence-corrected chi connectivity index (χ3v) is 4.26. The molecule has 16 heavy (non-hydrogen) atoms. The molecule has 0 heterocycles. The van der Waals surface area contributed by atoms with E-state index in [-0.39, 0.29) is 16.2 Å². The number of Topliss-reactive ketones (excluding diaryl/α,β-unsaturated/α-hetero) is 1. The van der Waals surface area contributed by atoms with Crippen LogP contribution in [0.25, 0.3) is 0 Å². The van der Waals surface area contributed by atoms with E-state index in [2.05, 4.69) is 41.5 Å². The lowest BCUT2D eigenvalue weighted by atomic mass is 9.54. The van der Waals surface area contributed by atoms with Crippen molar-refractivity contribution in [2.45, 2.75) is 73.6 Å². The number of hydrogen-bond donors (Lipinski definition) is 0. The average molecular weight is 224 g/mol. The van der Waals surface area contributed by atoms with Gasteiger partial charge >= 0.3 is 0 Å².